The van der Waals surface area contributed by atoms with Crippen molar-refractivity contribution in [3.63, 3.8) is 0 Å². The summed E-state index contributed by atoms with van der Waals surface area (Å²) in [6.45, 7) is 0. The van der Waals surface area contributed by atoms with Crippen LogP contribution < -0.4 is 4.74 Å². The number of hydrogen-bond donors (Lipinski definition) is 0. The van der Waals surface area contributed by atoms with Gasteiger partial charge >= 0.3 is 0 Å². The highest BCUT2D eigenvalue weighted by molar-refractivity contribution is 5.79. The van der Waals surface area contributed by atoms with Crippen LogP contribution >= 0.6 is 0 Å². The molecule has 0 aliphatic carbocycles. The molecule has 59 valence electrons. The number of pyridine rings is 1. The molecule has 2 aromatic rings. The molecule has 0 unspecified atom stereocenters. The Kier molecular flexibility index (Phi) is 1.67. The SMILES string of the molecule is COc1ccc2ncc[c]c2c1. The van der Waals surface area contributed by atoms with E-state index in [4.69, 9.17) is 4.74 Å². The van der Waals surface area contributed by atoms with Gasteiger partial charge in [0.15, 0.2) is 0 Å². The van der Waals surface area contributed by atoms with Crippen LogP contribution in [0.5, 0.6) is 5.75 Å². The lowest BCUT2D eigenvalue weighted by molar-refractivity contribution is 0.415. The van der Waals surface area contributed by atoms with Gasteiger partial charge in [-0.15, -0.1) is 0 Å². The third kappa shape index (κ3) is 1.11. The van der Waals surface area contributed by atoms with Crippen LogP contribution in [-0.4, -0.2) is 12.1 Å². The van der Waals surface area contributed by atoms with Crippen molar-refractivity contribution in [2.75, 3.05) is 7.11 Å². The van der Waals surface area contributed by atoms with E-state index in [9.17, 15) is 0 Å². The van der Waals surface area contributed by atoms with Gasteiger partial charge in [-0.25, -0.2) is 0 Å². The molecule has 0 fully saturated rings. The van der Waals surface area contributed by atoms with Crippen LogP contribution in [0.1, 0.15) is 0 Å². The fourth-order valence-electron chi connectivity index (χ4n) is 1.11. The first-order valence-corrected chi connectivity index (χ1v) is 3.70. The van der Waals surface area contributed by atoms with Gasteiger partial charge in [-0.2, -0.15) is 0 Å². The Hall–Kier alpha value is -1.57. The van der Waals surface area contributed by atoms with Crippen LogP contribution in [0, 0.1) is 6.07 Å². The van der Waals surface area contributed by atoms with E-state index in [1.165, 1.54) is 0 Å². The maximum Gasteiger partial charge on any atom is 0.119 e. The highest BCUT2D eigenvalue weighted by atomic mass is 16.5. The van der Waals surface area contributed by atoms with Crippen molar-refractivity contribution in [2.45, 2.75) is 0 Å². The van der Waals surface area contributed by atoms with E-state index < -0.39 is 0 Å². The Labute approximate surface area is 70.8 Å². The molecular formula is C10H8NO. The quantitative estimate of drug-likeness (QED) is 0.633. The molecule has 2 nitrogen and oxygen atoms in total. The smallest absolute Gasteiger partial charge is 0.119 e. The van der Waals surface area contributed by atoms with Crippen molar-refractivity contribution in [3.05, 3.63) is 36.5 Å². The zero-order valence-electron chi connectivity index (χ0n) is 6.74. The Morgan fingerprint density at radius 1 is 1.42 bits per heavy atom. The second-order valence-electron chi connectivity index (χ2n) is 2.47. The molecule has 1 aromatic heterocycles. The van der Waals surface area contributed by atoms with Gasteiger partial charge < -0.3 is 4.74 Å². The molecule has 0 N–H and O–H groups in total. The molecule has 12 heavy (non-hydrogen) atoms. The minimum atomic E-state index is 0.840. The van der Waals surface area contributed by atoms with Crippen molar-refractivity contribution in [1.82, 2.24) is 4.98 Å². The van der Waals surface area contributed by atoms with E-state index >= 15 is 0 Å². The average molecular weight is 158 g/mol. The van der Waals surface area contributed by atoms with Crippen LogP contribution in [0.3, 0.4) is 0 Å². The molecule has 2 rings (SSSR count). The number of hydrogen-bond acceptors (Lipinski definition) is 2. The number of fused-ring (bicyclic) bond motifs is 1. The van der Waals surface area contributed by atoms with Crippen LogP contribution in [0.25, 0.3) is 10.9 Å². The summed E-state index contributed by atoms with van der Waals surface area (Å²) in [7, 11) is 1.65. The topological polar surface area (TPSA) is 22.1 Å². The maximum atomic E-state index is 5.07. The van der Waals surface area contributed by atoms with Crippen molar-refractivity contribution < 1.29 is 4.74 Å². The number of nitrogens with zero attached hydrogens (tertiary/aromatic N) is 1. The van der Waals surface area contributed by atoms with Crippen LogP contribution in [0.2, 0.25) is 0 Å². The third-order valence-corrected chi connectivity index (χ3v) is 1.73. The first kappa shape index (κ1) is 7.10. The number of benzene rings is 1. The molecule has 0 atom stereocenters. The summed E-state index contributed by atoms with van der Waals surface area (Å²) >= 11 is 0. The number of rotatable bonds is 1. The van der Waals surface area contributed by atoms with E-state index in [1.54, 1.807) is 19.4 Å². The lowest BCUT2D eigenvalue weighted by Crippen LogP contribution is -1.83. The highest BCUT2D eigenvalue weighted by Crippen LogP contribution is 2.17. The normalized spacial score (nSPS) is 10.1. The van der Waals surface area contributed by atoms with Gasteiger partial charge in [-0.3, -0.25) is 4.98 Å². The first-order chi connectivity index (χ1) is 5.90. The number of methoxy groups -OCH3 is 1. The first-order valence-electron chi connectivity index (χ1n) is 3.70. The molecule has 0 aliphatic rings. The summed E-state index contributed by atoms with van der Waals surface area (Å²) < 4.78 is 5.07. The molecule has 0 bridgehead atoms. The number of ether oxygens (including phenoxy) is 1. The van der Waals surface area contributed by atoms with E-state index in [2.05, 4.69) is 11.1 Å². The van der Waals surface area contributed by atoms with Gasteiger partial charge in [0.05, 0.1) is 12.6 Å². The Balaban J connectivity index is 2.67. The van der Waals surface area contributed by atoms with Crippen molar-refractivity contribution in [3.8, 4) is 5.75 Å². The minimum absolute atomic E-state index is 0.840. The van der Waals surface area contributed by atoms with E-state index in [-0.39, 0.29) is 0 Å². The third-order valence-electron chi connectivity index (χ3n) is 1.73. The largest absolute Gasteiger partial charge is 0.497 e. The van der Waals surface area contributed by atoms with Crippen molar-refractivity contribution >= 4 is 10.9 Å². The predicted octanol–water partition coefficient (Wildman–Crippen LogP) is 2.04. The fourth-order valence-corrected chi connectivity index (χ4v) is 1.11. The molecule has 0 saturated carbocycles. The average Bonchev–Trinajstić information content (AvgIpc) is 2.17. The highest BCUT2D eigenvalue weighted by Gasteiger charge is 1.94. The van der Waals surface area contributed by atoms with Crippen molar-refractivity contribution in [1.29, 1.82) is 0 Å². The zero-order chi connectivity index (χ0) is 8.39. The molecule has 0 aliphatic heterocycles. The van der Waals surface area contributed by atoms with E-state index in [1.807, 2.05) is 18.2 Å². The van der Waals surface area contributed by atoms with Crippen molar-refractivity contribution in [2.24, 2.45) is 0 Å². The van der Waals surface area contributed by atoms with Gasteiger partial charge in [0.1, 0.15) is 5.75 Å². The summed E-state index contributed by atoms with van der Waals surface area (Å²) in [4.78, 5) is 4.17. The fraction of sp³-hybridized carbons (Fsp3) is 0.100. The van der Waals surface area contributed by atoms with Crippen LogP contribution in [0.15, 0.2) is 30.5 Å². The minimum Gasteiger partial charge on any atom is -0.497 e. The molecule has 2 heteroatoms. The summed E-state index contributed by atoms with van der Waals surface area (Å²) in [5.41, 5.74) is 0.943. The summed E-state index contributed by atoms with van der Waals surface area (Å²) in [6.07, 6.45) is 1.73. The van der Waals surface area contributed by atoms with Gasteiger partial charge in [0.25, 0.3) is 0 Å². The second kappa shape index (κ2) is 2.81. The Morgan fingerprint density at radius 2 is 2.33 bits per heavy atom. The summed E-state index contributed by atoms with van der Waals surface area (Å²) in [6, 6.07) is 10.6. The van der Waals surface area contributed by atoms with Gasteiger partial charge in [-0.1, -0.05) is 0 Å². The summed E-state index contributed by atoms with van der Waals surface area (Å²) in [5.74, 6) is 0.840. The molecule has 1 radical (unpaired) electrons. The van der Waals surface area contributed by atoms with Gasteiger partial charge in [0, 0.05) is 11.6 Å². The van der Waals surface area contributed by atoms with Crippen LogP contribution in [0.4, 0.5) is 0 Å². The molecule has 0 amide bonds. The summed E-state index contributed by atoms with van der Waals surface area (Å²) in [5, 5.41) is 0.983. The lowest BCUT2D eigenvalue weighted by Gasteiger charge is -1.99. The molecule has 1 aromatic carbocycles. The van der Waals surface area contributed by atoms with Crippen LogP contribution in [-0.2, 0) is 0 Å². The molecule has 0 saturated heterocycles. The zero-order valence-corrected chi connectivity index (χ0v) is 6.74. The molecule has 0 spiro atoms. The number of aromatic nitrogens is 1. The maximum absolute atomic E-state index is 5.07. The standard InChI is InChI=1S/C10H8NO/c1-12-9-4-5-10-8(7-9)3-2-6-11-10/h2,4-7H,1H3. The second-order valence-corrected chi connectivity index (χ2v) is 2.47. The monoisotopic (exact) mass is 158 g/mol. The Morgan fingerprint density at radius 3 is 3.17 bits per heavy atom. The lowest BCUT2D eigenvalue weighted by atomic mass is 10.2. The van der Waals surface area contributed by atoms with E-state index in [0.29, 0.717) is 0 Å². The van der Waals surface area contributed by atoms with Gasteiger partial charge in [0.2, 0.25) is 0 Å². The molecule has 1 heterocycles. The Bertz CT molecular complexity index is 398. The van der Waals surface area contributed by atoms with Gasteiger partial charge in [-0.05, 0) is 30.3 Å². The molecular weight excluding hydrogens is 150 g/mol. The predicted molar refractivity (Wildman–Crippen MR) is 47.1 cm³/mol. The van der Waals surface area contributed by atoms with E-state index in [0.717, 1.165) is 16.7 Å².